The van der Waals surface area contributed by atoms with Crippen molar-refractivity contribution >= 4 is 40.3 Å². The van der Waals surface area contributed by atoms with E-state index in [2.05, 4.69) is 38.7 Å². The first kappa shape index (κ1) is 31.6. The first-order chi connectivity index (χ1) is 21.4. The Morgan fingerprint density at radius 2 is 1.78 bits per heavy atom. The SMILES string of the molecule is CC(Cc1ccc(-c2ncn(-c3ccc(OC(F)(F)F)cc3)n2)cc1)=NC(=O)N=C1SCC(=O)N1c1cc(C)ccc1C(C)C. The minimum Gasteiger partial charge on any atom is -0.406 e. The third-order valence-electron chi connectivity index (χ3n) is 6.79. The normalized spacial score (nSPS) is 14.9. The van der Waals surface area contributed by atoms with Gasteiger partial charge in [-0.2, -0.15) is 4.99 Å². The molecule has 3 aromatic carbocycles. The van der Waals surface area contributed by atoms with Crippen molar-refractivity contribution in [3.05, 3.63) is 89.7 Å². The second-order valence-electron chi connectivity index (χ2n) is 10.7. The summed E-state index contributed by atoms with van der Waals surface area (Å²) in [6.45, 7) is 7.80. The summed E-state index contributed by atoms with van der Waals surface area (Å²) < 4.78 is 42.6. The highest BCUT2D eigenvalue weighted by Gasteiger charge is 2.33. The Morgan fingerprint density at radius 3 is 2.44 bits per heavy atom. The number of nitrogens with zero attached hydrogens (tertiary/aromatic N) is 6. The van der Waals surface area contributed by atoms with Crippen LogP contribution in [0.3, 0.4) is 0 Å². The number of benzene rings is 3. The molecule has 1 aromatic heterocycles. The Labute approximate surface area is 261 Å². The third kappa shape index (κ3) is 7.85. The van der Waals surface area contributed by atoms with E-state index in [0.717, 1.165) is 27.9 Å². The highest BCUT2D eigenvalue weighted by atomic mass is 32.2. The van der Waals surface area contributed by atoms with Gasteiger partial charge in [0.15, 0.2) is 11.0 Å². The summed E-state index contributed by atoms with van der Waals surface area (Å²) >= 11 is 1.22. The molecule has 3 amide bonds. The number of hydrogen-bond donors (Lipinski definition) is 0. The van der Waals surface area contributed by atoms with Crippen LogP contribution in [0.4, 0.5) is 23.7 Å². The summed E-state index contributed by atoms with van der Waals surface area (Å²) in [4.78, 5) is 39.8. The zero-order valence-electron chi connectivity index (χ0n) is 24.9. The molecule has 4 aromatic rings. The van der Waals surface area contributed by atoms with Crippen LogP contribution in [0.1, 0.15) is 43.4 Å². The molecule has 1 fully saturated rings. The molecule has 0 unspecified atom stereocenters. The fourth-order valence-corrected chi connectivity index (χ4v) is 5.57. The van der Waals surface area contributed by atoms with Crippen molar-refractivity contribution in [2.75, 3.05) is 10.7 Å². The number of aryl methyl sites for hydroxylation is 1. The monoisotopic (exact) mass is 634 g/mol. The van der Waals surface area contributed by atoms with Crippen LogP contribution in [0, 0.1) is 6.92 Å². The molecule has 0 radical (unpaired) electrons. The van der Waals surface area contributed by atoms with Crippen molar-refractivity contribution in [1.29, 1.82) is 0 Å². The molecule has 0 atom stereocenters. The summed E-state index contributed by atoms with van der Waals surface area (Å²) in [6.07, 6.45) is -2.90. The Hall–Kier alpha value is -4.78. The van der Waals surface area contributed by atoms with Gasteiger partial charge < -0.3 is 4.74 Å². The van der Waals surface area contributed by atoms with Crippen molar-refractivity contribution in [1.82, 2.24) is 14.8 Å². The summed E-state index contributed by atoms with van der Waals surface area (Å²) in [5, 5.41) is 4.73. The van der Waals surface area contributed by atoms with E-state index in [-0.39, 0.29) is 23.3 Å². The van der Waals surface area contributed by atoms with E-state index in [4.69, 9.17) is 0 Å². The predicted octanol–water partition coefficient (Wildman–Crippen LogP) is 7.52. The Bertz CT molecular complexity index is 1780. The molecule has 5 rings (SSSR count). The van der Waals surface area contributed by atoms with Gasteiger partial charge in [-0.15, -0.1) is 18.3 Å². The molecule has 1 aliphatic heterocycles. The molecule has 0 bridgehead atoms. The number of rotatable bonds is 7. The highest BCUT2D eigenvalue weighted by Crippen LogP contribution is 2.34. The highest BCUT2D eigenvalue weighted by molar-refractivity contribution is 8.15. The summed E-state index contributed by atoms with van der Waals surface area (Å²) in [5.41, 5.74) is 5.43. The molecular weight excluding hydrogens is 605 g/mol. The van der Waals surface area contributed by atoms with Crippen LogP contribution in [0.2, 0.25) is 0 Å². The molecule has 0 N–H and O–H groups in total. The molecule has 232 valence electrons. The third-order valence-corrected chi connectivity index (χ3v) is 7.71. The second-order valence-corrected chi connectivity index (χ2v) is 11.6. The van der Waals surface area contributed by atoms with Gasteiger partial charge in [-0.3, -0.25) is 9.69 Å². The van der Waals surface area contributed by atoms with Gasteiger partial charge in [0.2, 0.25) is 5.91 Å². The van der Waals surface area contributed by atoms with E-state index in [1.807, 2.05) is 49.4 Å². The number of aromatic nitrogens is 3. The molecule has 0 aliphatic carbocycles. The van der Waals surface area contributed by atoms with Crippen molar-refractivity contribution in [2.24, 2.45) is 9.98 Å². The van der Waals surface area contributed by atoms with E-state index in [9.17, 15) is 22.8 Å². The lowest BCUT2D eigenvalue weighted by Gasteiger charge is -2.22. The Kier molecular flexibility index (Phi) is 9.19. The Balaban J connectivity index is 1.25. The maximum atomic E-state index is 12.8. The zero-order chi connectivity index (χ0) is 32.3. The average Bonchev–Trinajstić information content (AvgIpc) is 3.60. The lowest BCUT2D eigenvalue weighted by molar-refractivity contribution is -0.274. The number of hydrogen-bond acceptors (Lipinski definition) is 6. The number of ether oxygens (including phenoxy) is 1. The smallest absolute Gasteiger partial charge is 0.406 e. The molecule has 1 saturated heterocycles. The van der Waals surface area contributed by atoms with Crippen LogP contribution in [0.25, 0.3) is 17.1 Å². The average molecular weight is 635 g/mol. The molecule has 9 nitrogen and oxygen atoms in total. The van der Waals surface area contributed by atoms with Crippen LogP contribution >= 0.6 is 11.8 Å². The molecule has 0 saturated carbocycles. The van der Waals surface area contributed by atoms with Crippen molar-refractivity contribution in [3.63, 3.8) is 0 Å². The summed E-state index contributed by atoms with van der Waals surface area (Å²) in [6, 6.07) is 18.0. The van der Waals surface area contributed by atoms with E-state index in [0.29, 0.717) is 28.8 Å². The molecule has 0 spiro atoms. The predicted molar refractivity (Wildman–Crippen MR) is 168 cm³/mol. The van der Waals surface area contributed by atoms with Gasteiger partial charge in [0.1, 0.15) is 12.1 Å². The van der Waals surface area contributed by atoms with Crippen molar-refractivity contribution < 1.29 is 27.5 Å². The maximum absolute atomic E-state index is 12.8. The quantitative estimate of drug-likeness (QED) is 0.195. The lowest BCUT2D eigenvalue weighted by Crippen LogP contribution is -2.31. The number of aliphatic imine (C=N–C) groups is 2. The molecule has 45 heavy (non-hydrogen) atoms. The second kappa shape index (κ2) is 13.1. The van der Waals surface area contributed by atoms with Crippen molar-refractivity contribution in [3.8, 4) is 22.8 Å². The number of urea groups is 1. The summed E-state index contributed by atoms with van der Waals surface area (Å²) in [7, 11) is 0. The lowest BCUT2D eigenvalue weighted by atomic mass is 9.99. The number of carbonyl (C=O) groups is 2. The van der Waals surface area contributed by atoms with Gasteiger partial charge in [0, 0.05) is 17.7 Å². The minimum absolute atomic E-state index is 0.132. The van der Waals surface area contributed by atoms with Gasteiger partial charge in [-0.05, 0) is 66.8 Å². The van der Waals surface area contributed by atoms with Crippen LogP contribution in [-0.2, 0) is 11.2 Å². The molecule has 1 aliphatic rings. The number of halogens is 3. The van der Waals surface area contributed by atoms with E-state index in [1.165, 1.54) is 51.9 Å². The number of amidine groups is 1. The zero-order valence-corrected chi connectivity index (χ0v) is 25.7. The van der Waals surface area contributed by atoms with Crippen molar-refractivity contribution in [2.45, 2.75) is 46.4 Å². The van der Waals surface area contributed by atoms with Crippen LogP contribution < -0.4 is 9.64 Å². The summed E-state index contributed by atoms with van der Waals surface area (Å²) in [5.74, 6) is 0.343. The number of anilines is 1. The maximum Gasteiger partial charge on any atom is 0.573 e. The first-order valence-corrected chi connectivity index (χ1v) is 14.9. The van der Waals surface area contributed by atoms with Crippen LogP contribution in [0.15, 0.2) is 83.0 Å². The topological polar surface area (TPSA) is 102 Å². The van der Waals surface area contributed by atoms with Gasteiger partial charge in [-0.1, -0.05) is 62.0 Å². The van der Waals surface area contributed by atoms with Crippen LogP contribution in [0.5, 0.6) is 5.75 Å². The van der Waals surface area contributed by atoms with E-state index in [1.54, 1.807) is 6.92 Å². The van der Waals surface area contributed by atoms with Gasteiger partial charge in [-0.25, -0.2) is 19.5 Å². The first-order valence-electron chi connectivity index (χ1n) is 14.0. The fourth-order valence-electron chi connectivity index (χ4n) is 4.71. The standard InChI is InChI=1S/C32H29F3N6O3S/c1-19(2)26-14-5-20(3)15-27(26)41-28(42)17-45-31(41)38-30(43)37-21(4)16-22-6-8-23(9-7-22)29-36-18-40(39-29)24-10-12-25(13-11-24)44-32(33,34)35/h5-15,18-19H,16-17H2,1-4H3. The van der Waals surface area contributed by atoms with E-state index >= 15 is 0 Å². The van der Waals surface area contributed by atoms with Crippen LogP contribution in [-0.4, -0.2) is 49.7 Å². The molecule has 2 heterocycles. The Morgan fingerprint density at radius 1 is 1.07 bits per heavy atom. The fraction of sp³-hybridized carbons (Fsp3) is 0.250. The number of thioether (sulfide) groups is 1. The molecule has 13 heteroatoms. The number of amides is 3. The number of carbonyl (C=O) groups excluding carboxylic acids is 2. The minimum atomic E-state index is -4.76. The van der Waals surface area contributed by atoms with Gasteiger partial charge in [0.05, 0.1) is 17.1 Å². The molecular formula is C32H29F3N6O3S. The van der Waals surface area contributed by atoms with Gasteiger partial charge >= 0.3 is 12.4 Å². The largest absolute Gasteiger partial charge is 0.573 e. The number of alkyl halides is 3. The van der Waals surface area contributed by atoms with E-state index < -0.39 is 12.4 Å². The van der Waals surface area contributed by atoms with Gasteiger partial charge in [0.25, 0.3) is 0 Å².